The molecule has 3 N–H and O–H groups in total. The molecule has 0 radical (unpaired) electrons. The van der Waals surface area contributed by atoms with Crippen LogP contribution in [-0.4, -0.2) is 34.5 Å². The van der Waals surface area contributed by atoms with Gasteiger partial charge in [-0.05, 0) is 108 Å². The summed E-state index contributed by atoms with van der Waals surface area (Å²) in [6.07, 6.45) is 8.05. The number of benzene rings is 2. The second kappa shape index (κ2) is 11.8. The fraction of sp³-hybridized carbons (Fsp3) is 0. The van der Waals surface area contributed by atoms with Crippen LogP contribution in [-0.2, 0) is 0 Å². The smallest absolute Gasteiger partial charge is 0.158 e. The zero-order valence-electron chi connectivity index (χ0n) is 23.8. The van der Waals surface area contributed by atoms with Gasteiger partial charge in [-0.1, -0.05) is 40.9 Å². The van der Waals surface area contributed by atoms with Crippen molar-refractivity contribution in [2.45, 2.75) is 0 Å². The lowest BCUT2D eigenvalue weighted by atomic mass is 10.2. The van der Waals surface area contributed by atoms with Crippen molar-refractivity contribution in [1.29, 1.82) is 0 Å². The predicted molar refractivity (Wildman–Crippen MR) is 190 cm³/mol. The highest BCUT2D eigenvalue weighted by Crippen LogP contribution is 2.24. The van der Waals surface area contributed by atoms with Gasteiger partial charge in [-0.2, -0.15) is 0 Å². The van der Waals surface area contributed by atoms with Crippen LogP contribution < -0.4 is 0 Å². The molecule has 45 heavy (non-hydrogen) atoms. The van der Waals surface area contributed by atoms with E-state index in [1.165, 1.54) is 38.0 Å². The molecular weight excluding hydrogens is 595 g/mol. The van der Waals surface area contributed by atoms with Gasteiger partial charge >= 0.3 is 0 Å². The molecule has 10 rings (SSSR count). The van der Waals surface area contributed by atoms with Crippen LogP contribution in [0.4, 0.5) is 0 Å². The topological polar surface area (TPSA) is 98.9 Å². The molecule has 0 atom stereocenters. The van der Waals surface area contributed by atoms with Crippen LogP contribution in [0.15, 0.2) is 109 Å². The highest BCUT2D eigenvalue weighted by atomic mass is 32.1. The third-order valence-corrected chi connectivity index (χ3v) is 8.95. The molecule has 7 nitrogen and oxygen atoms in total. The van der Waals surface area contributed by atoms with Crippen molar-refractivity contribution in [1.82, 2.24) is 34.5 Å². The minimum atomic E-state index is 0.915. The summed E-state index contributed by atoms with van der Waals surface area (Å²) in [6.45, 7) is 0. The summed E-state index contributed by atoms with van der Waals surface area (Å²) in [5, 5.41) is 8.50. The Morgan fingerprint density at radius 1 is 0.489 bits per heavy atom. The number of nitrogens with one attached hydrogen (secondary N) is 3. The third-order valence-electron chi connectivity index (χ3n) is 7.34. The van der Waals surface area contributed by atoms with Crippen molar-refractivity contribution in [3.05, 3.63) is 131 Å². The SMILES string of the molecule is C1=Cc2cc3ccc(cc4ccc(cc5nc(cc1n2)C=C5)[nH]4)[nH]3.c1cc2snnc2s1.c1ccc2c(c1)[nH]c1ccccc12. The van der Waals surface area contributed by atoms with Crippen LogP contribution in [0.25, 0.3) is 77.7 Å². The number of para-hydroxylation sites is 2. The molecule has 0 saturated carbocycles. The van der Waals surface area contributed by atoms with E-state index < -0.39 is 0 Å². The van der Waals surface area contributed by atoms with E-state index in [1.54, 1.807) is 11.3 Å². The van der Waals surface area contributed by atoms with Crippen LogP contribution in [0.5, 0.6) is 0 Å². The summed E-state index contributed by atoms with van der Waals surface area (Å²) >= 11 is 3.07. The molecule has 9 heteroatoms. The Morgan fingerprint density at radius 3 is 1.56 bits per heavy atom. The second-order valence-electron chi connectivity index (χ2n) is 10.5. The predicted octanol–water partition coefficient (Wildman–Crippen LogP) is 9.73. The lowest BCUT2D eigenvalue weighted by molar-refractivity contribution is 1.21. The molecule has 2 aliphatic rings. The number of hydrogen-bond donors (Lipinski definition) is 3. The molecule has 8 heterocycles. The molecule has 0 saturated heterocycles. The van der Waals surface area contributed by atoms with E-state index in [1.807, 2.05) is 53.9 Å². The molecule has 0 amide bonds. The highest BCUT2D eigenvalue weighted by Gasteiger charge is 2.03. The van der Waals surface area contributed by atoms with Gasteiger partial charge in [-0.15, -0.1) is 16.4 Å². The summed E-state index contributed by atoms with van der Waals surface area (Å²) in [4.78, 5) is 20.4. The number of thiophene rings is 1. The van der Waals surface area contributed by atoms with Crippen molar-refractivity contribution in [2.24, 2.45) is 0 Å². The first kappa shape index (κ1) is 26.9. The fourth-order valence-corrected chi connectivity index (χ4v) is 6.73. The van der Waals surface area contributed by atoms with Crippen LogP contribution in [0.3, 0.4) is 0 Å². The van der Waals surface area contributed by atoms with E-state index in [9.17, 15) is 0 Å². The number of fused-ring (bicyclic) bond motifs is 12. The fourth-order valence-electron chi connectivity index (χ4n) is 5.28. The van der Waals surface area contributed by atoms with E-state index in [0.717, 1.165) is 49.7 Å². The van der Waals surface area contributed by atoms with Crippen LogP contribution >= 0.6 is 22.9 Å². The van der Waals surface area contributed by atoms with E-state index in [4.69, 9.17) is 0 Å². The zero-order valence-corrected chi connectivity index (χ0v) is 25.4. The molecular formula is C36H25N7S2. The first-order valence-corrected chi connectivity index (χ1v) is 16.0. The summed E-state index contributed by atoms with van der Waals surface area (Å²) in [5.41, 5.74) is 10.3. The number of aromatic amines is 3. The van der Waals surface area contributed by atoms with Crippen LogP contribution in [0.2, 0.25) is 0 Å². The minimum Gasteiger partial charge on any atom is -0.355 e. The second-order valence-corrected chi connectivity index (χ2v) is 12.2. The summed E-state index contributed by atoms with van der Waals surface area (Å²) < 4.78 is 4.95. The standard InChI is InChI=1S/C20H14N4.C12H9N.C4H2N2S2/c1-2-14-10-16-5-6-18(23-16)12-20-8-7-19(24-20)11-17-4-3-15(22-17)9-13(1)21-14;1-3-7-11-9(5-1)10-6-2-4-8-12(10)13-11;1-2-7-4-3(1)8-6-5-4/h1-12,21-22H;1-8,13H;1-2H. The number of H-pyrrole nitrogens is 3. The normalized spacial score (nSPS) is 11.8. The monoisotopic (exact) mass is 619 g/mol. The van der Waals surface area contributed by atoms with Gasteiger partial charge in [-0.25, -0.2) is 9.97 Å². The Balaban J connectivity index is 0.000000118. The summed E-state index contributed by atoms with van der Waals surface area (Å²) in [6, 6.07) is 35.2. The molecule has 0 fully saturated rings. The lowest BCUT2D eigenvalue weighted by Crippen LogP contribution is -1.77. The van der Waals surface area contributed by atoms with E-state index in [0.29, 0.717) is 0 Å². The Morgan fingerprint density at radius 2 is 1.00 bits per heavy atom. The number of aromatic nitrogens is 7. The first-order chi connectivity index (χ1) is 22.2. The molecule has 2 aromatic carbocycles. The zero-order chi connectivity index (χ0) is 30.0. The van der Waals surface area contributed by atoms with Gasteiger partial charge in [0.2, 0.25) is 0 Å². The largest absolute Gasteiger partial charge is 0.355 e. The van der Waals surface area contributed by atoms with Gasteiger partial charge in [0.15, 0.2) is 4.83 Å². The van der Waals surface area contributed by atoms with E-state index in [-0.39, 0.29) is 0 Å². The Labute approximate surface area is 265 Å². The number of rotatable bonds is 0. The van der Waals surface area contributed by atoms with Crippen molar-refractivity contribution >= 4 is 101 Å². The molecule has 8 bridgehead atoms. The summed E-state index contributed by atoms with van der Waals surface area (Å²) in [5.74, 6) is 0. The first-order valence-electron chi connectivity index (χ1n) is 14.4. The Hall–Kier alpha value is -5.64. The third kappa shape index (κ3) is 5.95. The maximum atomic E-state index is 4.62. The quantitative estimate of drug-likeness (QED) is 0.157. The Kier molecular flexibility index (Phi) is 7.07. The van der Waals surface area contributed by atoms with Gasteiger partial charge < -0.3 is 15.0 Å². The van der Waals surface area contributed by atoms with Gasteiger partial charge in [0.1, 0.15) is 0 Å². The van der Waals surface area contributed by atoms with Crippen LogP contribution in [0, 0.1) is 0 Å². The molecule has 0 spiro atoms. The minimum absolute atomic E-state index is 0.915. The number of hydrogen-bond acceptors (Lipinski definition) is 6. The van der Waals surface area contributed by atoms with Crippen molar-refractivity contribution in [3.8, 4) is 0 Å². The lowest BCUT2D eigenvalue weighted by Gasteiger charge is -1.87. The molecule has 216 valence electrons. The van der Waals surface area contributed by atoms with E-state index in [2.05, 4.69) is 113 Å². The molecule has 6 aromatic heterocycles. The maximum absolute atomic E-state index is 4.62. The maximum Gasteiger partial charge on any atom is 0.158 e. The van der Waals surface area contributed by atoms with Crippen molar-refractivity contribution in [2.75, 3.05) is 0 Å². The Bertz CT molecular complexity index is 2330. The molecule has 8 aromatic rings. The van der Waals surface area contributed by atoms with Gasteiger partial charge in [0.05, 0.1) is 27.5 Å². The highest BCUT2D eigenvalue weighted by molar-refractivity contribution is 7.23. The van der Waals surface area contributed by atoms with Crippen molar-refractivity contribution < 1.29 is 0 Å². The molecule has 2 aliphatic heterocycles. The van der Waals surface area contributed by atoms with Crippen LogP contribution in [0.1, 0.15) is 22.8 Å². The molecule has 0 aliphatic carbocycles. The number of nitrogens with zero attached hydrogens (tertiary/aromatic N) is 4. The average Bonchev–Trinajstić information content (AvgIpc) is 3.89. The van der Waals surface area contributed by atoms with Gasteiger partial charge in [0.25, 0.3) is 0 Å². The average molecular weight is 620 g/mol. The van der Waals surface area contributed by atoms with Gasteiger partial charge in [0, 0.05) is 43.9 Å². The molecule has 0 unspecified atom stereocenters. The van der Waals surface area contributed by atoms with E-state index >= 15 is 0 Å². The van der Waals surface area contributed by atoms with Crippen molar-refractivity contribution in [3.63, 3.8) is 0 Å². The van der Waals surface area contributed by atoms with Gasteiger partial charge in [-0.3, -0.25) is 0 Å². The summed E-state index contributed by atoms with van der Waals surface area (Å²) in [7, 11) is 0.